The molecule has 0 aliphatic carbocycles. The van der Waals surface area contributed by atoms with Crippen LogP contribution in [0.3, 0.4) is 0 Å². The molecular weight excluding hydrogens is 424 g/mol. The number of thioether (sulfide) groups is 1. The summed E-state index contributed by atoms with van der Waals surface area (Å²) < 4.78 is 16.9. The van der Waals surface area contributed by atoms with Crippen LogP contribution in [0.1, 0.15) is 66.1 Å². The van der Waals surface area contributed by atoms with Gasteiger partial charge in [-0.2, -0.15) is 0 Å². The molecule has 6 heteroatoms. The highest BCUT2D eigenvalue weighted by molar-refractivity contribution is 7.98. The van der Waals surface area contributed by atoms with Crippen molar-refractivity contribution in [2.45, 2.75) is 68.5 Å². The number of hydrogen-bond acceptors (Lipinski definition) is 6. The molecule has 0 radical (unpaired) electrons. The van der Waals surface area contributed by atoms with Crippen molar-refractivity contribution < 1.29 is 23.8 Å². The topological polar surface area (TPSA) is 61.8 Å². The molecule has 0 aromatic heterocycles. The molecule has 4 rings (SSSR count). The van der Waals surface area contributed by atoms with E-state index in [-0.39, 0.29) is 37.2 Å². The Morgan fingerprint density at radius 2 is 2.00 bits per heavy atom. The molecule has 1 fully saturated rings. The van der Waals surface area contributed by atoms with Crippen LogP contribution in [0.15, 0.2) is 47.4 Å². The molecule has 2 atom stereocenters. The van der Waals surface area contributed by atoms with Crippen molar-refractivity contribution in [1.29, 1.82) is 0 Å². The first-order valence-electron chi connectivity index (χ1n) is 11.4. The molecule has 2 heterocycles. The molecule has 2 aromatic rings. The number of esters is 1. The van der Waals surface area contributed by atoms with E-state index in [1.54, 1.807) is 11.8 Å². The molecule has 0 bridgehead atoms. The second-order valence-corrected chi connectivity index (χ2v) is 9.35. The fraction of sp³-hybridized carbons (Fsp3) is 0.462. The Balaban J connectivity index is 1.26. The number of fused-ring (bicyclic) bond motifs is 2. The molecule has 170 valence electrons. The zero-order valence-corrected chi connectivity index (χ0v) is 19.3. The number of benzene rings is 2. The van der Waals surface area contributed by atoms with Crippen molar-refractivity contribution >= 4 is 23.5 Å². The summed E-state index contributed by atoms with van der Waals surface area (Å²) >= 11 is 1.63. The lowest BCUT2D eigenvalue weighted by atomic mass is 9.98. The minimum Gasteiger partial charge on any atom is -0.463 e. The van der Waals surface area contributed by atoms with Crippen molar-refractivity contribution in [1.82, 2.24) is 0 Å². The Kier molecular flexibility index (Phi) is 8.00. The molecule has 2 aliphatic heterocycles. The number of hydrogen-bond donors (Lipinski definition) is 0. The maximum absolute atomic E-state index is 12.9. The van der Waals surface area contributed by atoms with Gasteiger partial charge in [0.1, 0.15) is 12.7 Å². The smallest absolute Gasteiger partial charge is 0.310 e. The minimum atomic E-state index is -0.298. The normalized spacial score (nSPS) is 19.8. The maximum atomic E-state index is 12.9. The van der Waals surface area contributed by atoms with E-state index in [4.69, 9.17) is 14.2 Å². The predicted molar refractivity (Wildman–Crippen MR) is 124 cm³/mol. The first-order valence-corrected chi connectivity index (χ1v) is 12.4. The standard InChI is InChI=1S/C26H30O5S/c1-2-3-4-5-10-25-30-16-20(31-25)15-29-24(27)14-18-11-12-22-23(13-18)32-17-19-8-6-7-9-21(19)26(22)28/h6-9,11-13,20,25H,2-5,10,14-17H2,1H3. The monoisotopic (exact) mass is 454 g/mol. The van der Waals surface area contributed by atoms with Gasteiger partial charge in [0.25, 0.3) is 0 Å². The first-order chi connectivity index (χ1) is 15.6. The SMILES string of the molecule is CCCCCCC1OCC(COC(=O)Cc2ccc3c(c2)SCc2ccccc2C3=O)O1. The van der Waals surface area contributed by atoms with Gasteiger partial charge in [-0.25, -0.2) is 0 Å². The number of carbonyl (C=O) groups is 2. The van der Waals surface area contributed by atoms with Crippen LogP contribution >= 0.6 is 11.8 Å². The molecule has 2 aromatic carbocycles. The summed E-state index contributed by atoms with van der Waals surface area (Å²) in [5, 5.41) is 0. The van der Waals surface area contributed by atoms with Gasteiger partial charge in [0, 0.05) is 21.8 Å². The molecular formula is C26H30O5S. The molecule has 32 heavy (non-hydrogen) atoms. The highest BCUT2D eigenvalue weighted by atomic mass is 32.2. The average Bonchev–Trinajstić information content (AvgIpc) is 3.21. The van der Waals surface area contributed by atoms with Crippen molar-refractivity contribution in [3.63, 3.8) is 0 Å². The Bertz CT molecular complexity index is 957. The molecule has 0 saturated carbocycles. The van der Waals surface area contributed by atoms with E-state index in [2.05, 4.69) is 6.92 Å². The van der Waals surface area contributed by atoms with Gasteiger partial charge in [0.05, 0.1) is 13.0 Å². The number of ether oxygens (including phenoxy) is 3. The predicted octanol–water partition coefficient (Wildman–Crippen LogP) is 5.32. The zero-order valence-electron chi connectivity index (χ0n) is 18.5. The maximum Gasteiger partial charge on any atom is 0.310 e. The average molecular weight is 455 g/mol. The van der Waals surface area contributed by atoms with Crippen LogP contribution in [-0.4, -0.2) is 37.4 Å². The van der Waals surface area contributed by atoms with E-state index in [9.17, 15) is 9.59 Å². The van der Waals surface area contributed by atoms with Gasteiger partial charge in [-0.05, 0) is 36.1 Å². The van der Waals surface area contributed by atoms with Crippen molar-refractivity contribution in [3.8, 4) is 0 Å². The zero-order chi connectivity index (χ0) is 22.3. The molecule has 0 N–H and O–H groups in total. The summed E-state index contributed by atoms with van der Waals surface area (Å²) in [6.45, 7) is 2.86. The summed E-state index contributed by atoms with van der Waals surface area (Å²) in [4.78, 5) is 26.2. The lowest BCUT2D eigenvalue weighted by molar-refractivity contribution is -0.147. The highest BCUT2D eigenvalue weighted by Crippen LogP contribution is 2.34. The second-order valence-electron chi connectivity index (χ2n) is 8.34. The molecule has 0 amide bonds. The van der Waals surface area contributed by atoms with Crippen molar-refractivity contribution in [3.05, 3.63) is 64.7 Å². The van der Waals surface area contributed by atoms with Gasteiger partial charge < -0.3 is 14.2 Å². The summed E-state index contributed by atoms with van der Waals surface area (Å²) in [6.07, 6.45) is 5.40. The number of unbranched alkanes of at least 4 members (excludes halogenated alkanes) is 3. The molecule has 1 saturated heterocycles. The summed E-state index contributed by atoms with van der Waals surface area (Å²) in [5.74, 6) is 0.479. The van der Waals surface area contributed by atoms with Crippen LogP contribution in [0.2, 0.25) is 0 Å². The molecule has 2 aliphatic rings. The number of rotatable bonds is 9. The van der Waals surface area contributed by atoms with Crippen LogP contribution in [0.4, 0.5) is 0 Å². The van der Waals surface area contributed by atoms with Crippen LogP contribution < -0.4 is 0 Å². The third-order valence-electron chi connectivity index (χ3n) is 5.82. The fourth-order valence-corrected chi connectivity index (χ4v) is 5.15. The van der Waals surface area contributed by atoms with E-state index in [1.165, 1.54) is 19.3 Å². The van der Waals surface area contributed by atoms with Gasteiger partial charge in [-0.15, -0.1) is 11.8 Å². The summed E-state index contributed by atoms with van der Waals surface area (Å²) in [7, 11) is 0. The van der Waals surface area contributed by atoms with E-state index >= 15 is 0 Å². The Morgan fingerprint density at radius 1 is 1.12 bits per heavy atom. The minimum absolute atomic E-state index is 0.0392. The molecule has 5 nitrogen and oxygen atoms in total. The number of carbonyl (C=O) groups excluding carboxylic acids is 2. The lowest BCUT2D eigenvalue weighted by Crippen LogP contribution is -2.22. The first kappa shape index (κ1) is 23.0. The van der Waals surface area contributed by atoms with Crippen LogP contribution in [0, 0.1) is 0 Å². The van der Waals surface area contributed by atoms with E-state index < -0.39 is 0 Å². The van der Waals surface area contributed by atoms with Crippen molar-refractivity contribution in [2.24, 2.45) is 0 Å². The fourth-order valence-electron chi connectivity index (χ4n) is 4.04. The van der Waals surface area contributed by atoms with Gasteiger partial charge in [0.2, 0.25) is 0 Å². The third kappa shape index (κ3) is 5.80. The van der Waals surface area contributed by atoms with Crippen molar-refractivity contribution in [2.75, 3.05) is 13.2 Å². The van der Waals surface area contributed by atoms with Crippen LogP contribution in [0.5, 0.6) is 0 Å². The van der Waals surface area contributed by atoms with E-state index in [0.717, 1.165) is 40.2 Å². The Labute approximate surface area is 193 Å². The quantitative estimate of drug-likeness (QED) is 0.377. The molecule has 0 spiro atoms. The van der Waals surface area contributed by atoms with Gasteiger partial charge in [-0.1, -0.05) is 56.5 Å². The second kappa shape index (κ2) is 11.1. The molecule has 2 unspecified atom stereocenters. The summed E-state index contributed by atoms with van der Waals surface area (Å²) in [5.41, 5.74) is 3.34. The third-order valence-corrected chi connectivity index (χ3v) is 6.92. The van der Waals surface area contributed by atoms with E-state index in [1.807, 2.05) is 42.5 Å². The summed E-state index contributed by atoms with van der Waals surface area (Å²) in [6, 6.07) is 13.3. The van der Waals surface area contributed by atoms with Crippen LogP contribution in [0.25, 0.3) is 0 Å². The number of ketones is 1. The van der Waals surface area contributed by atoms with Crippen LogP contribution in [-0.2, 0) is 31.2 Å². The Morgan fingerprint density at radius 3 is 2.88 bits per heavy atom. The van der Waals surface area contributed by atoms with Gasteiger partial charge in [0.15, 0.2) is 12.1 Å². The van der Waals surface area contributed by atoms with Gasteiger partial charge >= 0.3 is 5.97 Å². The highest BCUT2D eigenvalue weighted by Gasteiger charge is 2.27. The lowest BCUT2D eigenvalue weighted by Gasteiger charge is -2.12. The van der Waals surface area contributed by atoms with E-state index in [0.29, 0.717) is 12.2 Å². The van der Waals surface area contributed by atoms with Gasteiger partial charge in [-0.3, -0.25) is 9.59 Å². The Hall–Kier alpha value is -2.15. The largest absolute Gasteiger partial charge is 0.463 e.